The molecular formula is C10H10FN. The minimum absolute atomic E-state index is 0.104. The van der Waals surface area contributed by atoms with Crippen molar-refractivity contribution in [1.82, 2.24) is 0 Å². The standard InChI is InChI=1S/C10H10FN/c1-7-3-2-4-8-5-9(11)6-12-10(7)8/h2-5,12H,6H2,1H3. The highest BCUT2D eigenvalue weighted by Gasteiger charge is 2.09. The van der Waals surface area contributed by atoms with E-state index in [0.29, 0.717) is 6.54 Å². The van der Waals surface area contributed by atoms with Crippen LogP contribution in [0, 0.1) is 6.92 Å². The second-order valence-electron chi connectivity index (χ2n) is 2.98. The lowest BCUT2D eigenvalue weighted by Crippen LogP contribution is -2.09. The van der Waals surface area contributed by atoms with Gasteiger partial charge in [-0.15, -0.1) is 0 Å². The van der Waals surface area contributed by atoms with Crippen LogP contribution in [0.15, 0.2) is 24.0 Å². The Balaban J connectivity index is 2.57. The third-order valence-corrected chi connectivity index (χ3v) is 2.05. The van der Waals surface area contributed by atoms with Crippen LogP contribution in [0.5, 0.6) is 0 Å². The Kier molecular flexibility index (Phi) is 1.61. The van der Waals surface area contributed by atoms with E-state index in [0.717, 1.165) is 16.8 Å². The molecule has 2 rings (SSSR count). The number of anilines is 1. The summed E-state index contributed by atoms with van der Waals surface area (Å²) in [7, 11) is 0. The van der Waals surface area contributed by atoms with Crippen molar-refractivity contribution in [2.45, 2.75) is 6.92 Å². The van der Waals surface area contributed by atoms with E-state index in [1.807, 2.05) is 25.1 Å². The number of hydrogen-bond acceptors (Lipinski definition) is 1. The molecule has 0 amide bonds. The Hall–Kier alpha value is -1.31. The molecule has 0 atom stereocenters. The largest absolute Gasteiger partial charge is 0.378 e. The summed E-state index contributed by atoms with van der Waals surface area (Å²) in [6.45, 7) is 2.33. The number of rotatable bonds is 0. The zero-order valence-corrected chi connectivity index (χ0v) is 6.89. The summed E-state index contributed by atoms with van der Waals surface area (Å²) in [6.07, 6.45) is 1.58. The lowest BCUT2D eigenvalue weighted by atomic mass is 10.1. The van der Waals surface area contributed by atoms with E-state index in [2.05, 4.69) is 5.32 Å². The highest BCUT2D eigenvalue weighted by atomic mass is 19.1. The molecule has 1 aliphatic heterocycles. The van der Waals surface area contributed by atoms with Crippen molar-refractivity contribution in [3.63, 3.8) is 0 Å². The monoisotopic (exact) mass is 163 g/mol. The summed E-state index contributed by atoms with van der Waals surface area (Å²) >= 11 is 0. The summed E-state index contributed by atoms with van der Waals surface area (Å²) in [6, 6.07) is 5.86. The molecule has 0 fully saturated rings. The topological polar surface area (TPSA) is 12.0 Å². The summed E-state index contributed by atoms with van der Waals surface area (Å²) in [4.78, 5) is 0. The second kappa shape index (κ2) is 2.63. The molecule has 1 N–H and O–H groups in total. The average Bonchev–Trinajstić information content (AvgIpc) is 2.04. The van der Waals surface area contributed by atoms with E-state index in [4.69, 9.17) is 0 Å². The highest BCUT2D eigenvalue weighted by Crippen LogP contribution is 2.26. The van der Waals surface area contributed by atoms with Crippen molar-refractivity contribution in [1.29, 1.82) is 0 Å². The molecule has 0 aliphatic carbocycles. The van der Waals surface area contributed by atoms with Crippen molar-refractivity contribution in [2.24, 2.45) is 0 Å². The van der Waals surface area contributed by atoms with E-state index < -0.39 is 0 Å². The number of hydrogen-bond donors (Lipinski definition) is 1. The van der Waals surface area contributed by atoms with Crippen LogP contribution in [0.4, 0.5) is 10.1 Å². The zero-order valence-electron chi connectivity index (χ0n) is 6.89. The van der Waals surface area contributed by atoms with Crippen LogP contribution in [0.2, 0.25) is 0 Å². The molecule has 0 radical (unpaired) electrons. The first-order valence-electron chi connectivity index (χ1n) is 3.97. The zero-order chi connectivity index (χ0) is 8.55. The fraction of sp³-hybridized carbons (Fsp3) is 0.200. The second-order valence-corrected chi connectivity index (χ2v) is 2.98. The maximum atomic E-state index is 12.8. The molecule has 1 aromatic rings. The van der Waals surface area contributed by atoms with E-state index in [1.54, 1.807) is 6.08 Å². The third-order valence-electron chi connectivity index (χ3n) is 2.05. The van der Waals surface area contributed by atoms with Gasteiger partial charge in [0.2, 0.25) is 0 Å². The molecule has 1 nitrogen and oxygen atoms in total. The molecule has 1 aromatic carbocycles. The molecule has 0 spiro atoms. The Morgan fingerprint density at radius 1 is 1.42 bits per heavy atom. The first kappa shape index (κ1) is 7.35. The van der Waals surface area contributed by atoms with Gasteiger partial charge in [-0.1, -0.05) is 18.2 Å². The van der Waals surface area contributed by atoms with Crippen LogP contribution >= 0.6 is 0 Å². The predicted molar refractivity (Wildman–Crippen MR) is 48.8 cm³/mol. The van der Waals surface area contributed by atoms with Gasteiger partial charge in [-0.05, 0) is 18.6 Å². The number of nitrogens with one attached hydrogen (secondary N) is 1. The fourth-order valence-electron chi connectivity index (χ4n) is 1.44. The van der Waals surface area contributed by atoms with Crippen LogP contribution in [0.25, 0.3) is 6.08 Å². The average molecular weight is 163 g/mol. The van der Waals surface area contributed by atoms with Crippen molar-refractivity contribution in [2.75, 3.05) is 11.9 Å². The Morgan fingerprint density at radius 3 is 3.08 bits per heavy atom. The van der Waals surface area contributed by atoms with Crippen molar-refractivity contribution >= 4 is 11.8 Å². The maximum Gasteiger partial charge on any atom is 0.120 e. The summed E-state index contributed by atoms with van der Waals surface area (Å²) in [5.74, 6) is -0.104. The predicted octanol–water partition coefficient (Wildman–Crippen LogP) is 2.73. The number of benzene rings is 1. The molecule has 0 unspecified atom stereocenters. The quantitative estimate of drug-likeness (QED) is 0.620. The van der Waals surface area contributed by atoms with Crippen molar-refractivity contribution in [3.8, 4) is 0 Å². The molecule has 0 saturated carbocycles. The minimum atomic E-state index is -0.104. The Morgan fingerprint density at radius 2 is 2.25 bits per heavy atom. The van der Waals surface area contributed by atoms with Gasteiger partial charge in [0.1, 0.15) is 5.83 Å². The molecule has 1 aliphatic rings. The van der Waals surface area contributed by atoms with E-state index >= 15 is 0 Å². The number of aryl methyl sites for hydroxylation is 1. The summed E-state index contributed by atoms with van der Waals surface area (Å²) < 4.78 is 12.8. The smallest absolute Gasteiger partial charge is 0.120 e. The van der Waals surface area contributed by atoms with Crippen molar-refractivity contribution in [3.05, 3.63) is 35.2 Å². The van der Waals surface area contributed by atoms with Gasteiger partial charge in [-0.3, -0.25) is 0 Å². The molecule has 62 valence electrons. The minimum Gasteiger partial charge on any atom is -0.378 e. The third kappa shape index (κ3) is 1.09. The normalized spacial score (nSPS) is 14.7. The molecule has 1 heterocycles. The maximum absolute atomic E-state index is 12.8. The lowest BCUT2D eigenvalue weighted by molar-refractivity contribution is 0.632. The highest BCUT2D eigenvalue weighted by molar-refractivity contribution is 5.73. The van der Waals surface area contributed by atoms with E-state index in [9.17, 15) is 4.39 Å². The van der Waals surface area contributed by atoms with Gasteiger partial charge in [-0.25, -0.2) is 4.39 Å². The molecule has 0 saturated heterocycles. The SMILES string of the molecule is Cc1cccc2c1NCC(F)=C2. The van der Waals surface area contributed by atoms with Gasteiger partial charge in [0.15, 0.2) is 0 Å². The van der Waals surface area contributed by atoms with Crippen LogP contribution in [-0.2, 0) is 0 Å². The van der Waals surface area contributed by atoms with Gasteiger partial charge in [0, 0.05) is 11.3 Å². The Labute approximate surface area is 70.9 Å². The number of fused-ring (bicyclic) bond motifs is 1. The Bertz CT molecular complexity index is 342. The number of halogens is 1. The molecular weight excluding hydrogens is 153 g/mol. The van der Waals surface area contributed by atoms with Gasteiger partial charge in [0.05, 0.1) is 6.54 Å². The van der Waals surface area contributed by atoms with Gasteiger partial charge in [0.25, 0.3) is 0 Å². The number of para-hydroxylation sites is 1. The molecule has 0 aromatic heterocycles. The summed E-state index contributed by atoms with van der Waals surface area (Å²) in [5.41, 5.74) is 3.16. The first-order chi connectivity index (χ1) is 5.77. The van der Waals surface area contributed by atoms with Gasteiger partial charge >= 0.3 is 0 Å². The molecule has 0 bridgehead atoms. The van der Waals surface area contributed by atoms with Crippen LogP contribution in [-0.4, -0.2) is 6.54 Å². The van der Waals surface area contributed by atoms with Gasteiger partial charge < -0.3 is 5.32 Å². The van der Waals surface area contributed by atoms with Crippen LogP contribution in [0.3, 0.4) is 0 Å². The van der Waals surface area contributed by atoms with E-state index in [-0.39, 0.29) is 5.83 Å². The first-order valence-corrected chi connectivity index (χ1v) is 3.97. The van der Waals surface area contributed by atoms with E-state index in [1.165, 1.54) is 0 Å². The van der Waals surface area contributed by atoms with Gasteiger partial charge in [-0.2, -0.15) is 0 Å². The lowest BCUT2D eigenvalue weighted by Gasteiger charge is -2.16. The van der Waals surface area contributed by atoms with Crippen LogP contribution in [0.1, 0.15) is 11.1 Å². The molecule has 12 heavy (non-hydrogen) atoms. The van der Waals surface area contributed by atoms with Crippen molar-refractivity contribution < 1.29 is 4.39 Å². The molecule has 2 heteroatoms. The fourth-order valence-corrected chi connectivity index (χ4v) is 1.44. The van der Waals surface area contributed by atoms with Crippen LogP contribution < -0.4 is 5.32 Å². The summed E-state index contributed by atoms with van der Waals surface area (Å²) in [5, 5.41) is 3.04.